The Bertz CT molecular complexity index is 716. The van der Waals surface area contributed by atoms with E-state index in [2.05, 4.69) is 5.32 Å². The van der Waals surface area contributed by atoms with Crippen LogP contribution in [-0.4, -0.2) is 35.6 Å². The summed E-state index contributed by atoms with van der Waals surface area (Å²) in [4.78, 5) is 14.7. The molecule has 2 aromatic carbocycles. The topological polar surface area (TPSA) is 58.6 Å². The van der Waals surface area contributed by atoms with Crippen molar-refractivity contribution < 1.29 is 13.7 Å². The summed E-state index contributed by atoms with van der Waals surface area (Å²) in [6.07, 6.45) is 1.64. The van der Waals surface area contributed by atoms with Crippen LogP contribution >= 0.6 is 0 Å². The van der Waals surface area contributed by atoms with Crippen LogP contribution in [0.3, 0.4) is 0 Å². The van der Waals surface area contributed by atoms with Crippen LogP contribution in [0.1, 0.15) is 11.1 Å². The van der Waals surface area contributed by atoms with E-state index in [0.717, 1.165) is 21.7 Å². The second kappa shape index (κ2) is 8.61. The molecule has 24 heavy (non-hydrogen) atoms. The number of urea groups is 1. The van der Waals surface area contributed by atoms with Crippen molar-refractivity contribution in [3.8, 4) is 0 Å². The molecule has 128 valence electrons. The van der Waals surface area contributed by atoms with E-state index in [9.17, 15) is 9.00 Å². The molecule has 5 nitrogen and oxygen atoms in total. The highest BCUT2D eigenvalue weighted by Gasteiger charge is 2.11. The van der Waals surface area contributed by atoms with E-state index in [1.165, 1.54) is 0 Å². The van der Waals surface area contributed by atoms with Gasteiger partial charge in [0, 0.05) is 53.9 Å². The minimum atomic E-state index is -0.995. The average Bonchev–Trinajstić information content (AvgIpc) is 2.57. The zero-order valence-electron chi connectivity index (χ0n) is 14.1. The molecule has 1 N–H and O–H groups in total. The second-order valence-electron chi connectivity index (χ2n) is 5.47. The van der Waals surface area contributed by atoms with Crippen molar-refractivity contribution in [1.29, 1.82) is 0 Å². The first-order valence-corrected chi connectivity index (χ1v) is 9.08. The van der Waals surface area contributed by atoms with Gasteiger partial charge < -0.3 is 15.0 Å². The number of ether oxygens (including phenoxy) is 1. The smallest absolute Gasteiger partial charge is 0.321 e. The molecule has 0 aliphatic heterocycles. The van der Waals surface area contributed by atoms with E-state index in [0.29, 0.717) is 13.2 Å². The molecule has 0 saturated carbocycles. The molecule has 0 fully saturated rings. The van der Waals surface area contributed by atoms with Crippen molar-refractivity contribution in [2.45, 2.75) is 18.0 Å². The number of carbonyl (C=O) groups excluding carboxylic acids is 1. The number of carbonyl (C=O) groups is 1. The third-order valence-corrected chi connectivity index (χ3v) is 4.52. The first kappa shape index (κ1) is 18.2. The molecular weight excluding hydrogens is 324 g/mol. The van der Waals surface area contributed by atoms with Gasteiger partial charge in [-0.25, -0.2) is 4.79 Å². The van der Waals surface area contributed by atoms with Crippen molar-refractivity contribution in [3.63, 3.8) is 0 Å². The number of nitrogens with zero attached hydrogens (tertiary/aromatic N) is 1. The van der Waals surface area contributed by atoms with Crippen LogP contribution in [0.25, 0.3) is 0 Å². The van der Waals surface area contributed by atoms with Gasteiger partial charge in [0.05, 0.1) is 6.61 Å². The fourth-order valence-corrected chi connectivity index (χ4v) is 2.79. The largest absolute Gasteiger partial charge is 0.380 e. The maximum Gasteiger partial charge on any atom is 0.321 e. The van der Waals surface area contributed by atoms with Gasteiger partial charge in [-0.2, -0.15) is 0 Å². The molecule has 2 aromatic rings. The van der Waals surface area contributed by atoms with Crippen molar-refractivity contribution >= 4 is 22.5 Å². The minimum absolute atomic E-state index is 0.193. The molecular formula is C18H22N2O3S. The van der Waals surface area contributed by atoms with Gasteiger partial charge in [-0.3, -0.25) is 4.21 Å². The van der Waals surface area contributed by atoms with E-state index in [1.54, 1.807) is 25.3 Å². The molecule has 1 atom stereocenters. The number of amides is 2. The summed E-state index contributed by atoms with van der Waals surface area (Å²) in [6, 6.07) is 14.8. The molecule has 0 saturated heterocycles. The molecule has 0 aromatic heterocycles. The Morgan fingerprint density at radius 3 is 2.46 bits per heavy atom. The number of benzene rings is 2. The normalized spacial score (nSPS) is 11.8. The van der Waals surface area contributed by atoms with Crippen molar-refractivity contribution in [2.75, 3.05) is 25.7 Å². The van der Waals surface area contributed by atoms with Gasteiger partial charge >= 0.3 is 6.03 Å². The van der Waals surface area contributed by atoms with Crippen LogP contribution < -0.4 is 5.32 Å². The van der Waals surface area contributed by atoms with Crippen LogP contribution in [0.2, 0.25) is 0 Å². The number of methoxy groups -OCH3 is 1. The summed E-state index contributed by atoms with van der Waals surface area (Å²) in [5.74, 6) is 0. The predicted octanol–water partition coefficient (Wildman–Crippen LogP) is 3.23. The fourth-order valence-electron chi connectivity index (χ4n) is 2.27. The summed E-state index contributed by atoms with van der Waals surface area (Å²) in [5.41, 5.74) is 2.65. The van der Waals surface area contributed by atoms with E-state index < -0.39 is 10.8 Å². The molecule has 0 aliphatic carbocycles. The number of anilines is 1. The first-order chi connectivity index (χ1) is 11.5. The van der Waals surface area contributed by atoms with Gasteiger partial charge in [-0.05, 0) is 23.8 Å². The highest BCUT2D eigenvalue weighted by Crippen LogP contribution is 2.17. The van der Waals surface area contributed by atoms with Gasteiger partial charge in [0.15, 0.2) is 0 Å². The van der Waals surface area contributed by atoms with Gasteiger partial charge in [0.2, 0.25) is 0 Å². The number of hydrogen-bond acceptors (Lipinski definition) is 3. The maximum atomic E-state index is 12.4. The Labute approximate surface area is 145 Å². The fraction of sp³-hybridized carbons (Fsp3) is 0.278. The van der Waals surface area contributed by atoms with Gasteiger partial charge in [0.1, 0.15) is 0 Å². The Balaban J connectivity index is 2.01. The monoisotopic (exact) mass is 346 g/mol. The molecule has 0 aliphatic rings. The Kier molecular flexibility index (Phi) is 6.52. The van der Waals surface area contributed by atoms with E-state index in [-0.39, 0.29) is 6.03 Å². The Morgan fingerprint density at radius 2 is 1.83 bits per heavy atom. The molecule has 0 heterocycles. The molecule has 0 spiro atoms. The van der Waals surface area contributed by atoms with Crippen LogP contribution in [-0.2, 0) is 28.7 Å². The lowest BCUT2D eigenvalue weighted by Crippen LogP contribution is -2.31. The van der Waals surface area contributed by atoms with Crippen molar-refractivity contribution in [3.05, 3.63) is 59.7 Å². The highest BCUT2D eigenvalue weighted by atomic mass is 32.2. The van der Waals surface area contributed by atoms with E-state index in [1.807, 2.05) is 48.5 Å². The van der Waals surface area contributed by atoms with Gasteiger partial charge in [0.25, 0.3) is 0 Å². The number of nitrogens with one attached hydrogen (secondary N) is 1. The Morgan fingerprint density at radius 1 is 1.17 bits per heavy atom. The zero-order valence-corrected chi connectivity index (χ0v) is 14.9. The van der Waals surface area contributed by atoms with E-state index in [4.69, 9.17) is 4.74 Å². The summed E-state index contributed by atoms with van der Waals surface area (Å²) in [6.45, 7) is 0.907. The first-order valence-electron chi connectivity index (χ1n) is 7.52. The molecule has 0 bridgehead atoms. The SMILES string of the molecule is COCc1ccccc1NC(=O)N(C)Cc1ccc([S@@](C)=O)cc1. The van der Waals surface area contributed by atoms with Crippen LogP contribution in [0.5, 0.6) is 0 Å². The predicted molar refractivity (Wildman–Crippen MR) is 96.4 cm³/mol. The lowest BCUT2D eigenvalue weighted by atomic mass is 10.2. The zero-order chi connectivity index (χ0) is 17.5. The Hall–Kier alpha value is -2.18. The molecule has 2 amide bonds. The van der Waals surface area contributed by atoms with Crippen LogP contribution in [0, 0.1) is 0 Å². The maximum absolute atomic E-state index is 12.4. The summed E-state index contributed by atoms with van der Waals surface area (Å²) in [7, 11) is 2.36. The molecule has 2 rings (SSSR count). The lowest BCUT2D eigenvalue weighted by molar-refractivity contribution is 0.185. The van der Waals surface area contributed by atoms with E-state index >= 15 is 0 Å². The highest BCUT2D eigenvalue weighted by molar-refractivity contribution is 7.84. The number of hydrogen-bond donors (Lipinski definition) is 1. The van der Waals surface area contributed by atoms with Crippen molar-refractivity contribution in [1.82, 2.24) is 4.90 Å². The summed E-state index contributed by atoms with van der Waals surface area (Å²) in [5, 5.41) is 2.90. The molecule has 0 radical (unpaired) electrons. The minimum Gasteiger partial charge on any atom is -0.380 e. The van der Waals surface area contributed by atoms with Crippen molar-refractivity contribution in [2.24, 2.45) is 0 Å². The lowest BCUT2D eigenvalue weighted by Gasteiger charge is -2.19. The number of rotatable bonds is 6. The summed E-state index contributed by atoms with van der Waals surface area (Å²) < 4.78 is 16.5. The third kappa shape index (κ3) is 4.91. The molecule has 0 unspecified atom stereocenters. The van der Waals surface area contributed by atoms with Crippen LogP contribution in [0.15, 0.2) is 53.4 Å². The quantitative estimate of drug-likeness (QED) is 0.873. The number of para-hydroxylation sites is 1. The third-order valence-electron chi connectivity index (χ3n) is 3.58. The standard InChI is InChI=1S/C18H22N2O3S/c1-20(12-14-8-10-16(11-9-14)24(3)22)18(21)19-17-7-5-4-6-15(17)13-23-2/h4-11H,12-13H2,1-3H3,(H,19,21)/t24-/m1/s1. The second-order valence-corrected chi connectivity index (χ2v) is 6.85. The summed E-state index contributed by atoms with van der Waals surface area (Å²) >= 11 is 0. The van der Waals surface area contributed by atoms with Gasteiger partial charge in [-0.1, -0.05) is 30.3 Å². The van der Waals surface area contributed by atoms with Gasteiger partial charge in [-0.15, -0.1) is 0 Å². The molecule has 6 heteroatoms. The van der Waals surface area contributed by atoms with Crippen LogP contribution in [0.4, 0.5) is 10.5 Å². The average molecular weight is 346 g/mol.